The van der Waals surface area contributed by atoms with E-state index in [1.165, 1.54) is 26.2 Å². The maximum Gasteiger partial charge on any atom is 0.260 e. The van der Waals surface area contributed by atoms with E-state index >= 15 is 0 Å². The molecule has 0 N–H and O–H groups in total. The van der Waals surface area contributed by atoms with Gasteiger partial charge in [-0.2, -0.15) is 9.40 Å². The van der Waals surface area contributed by atoms with Gasteiger partial charge < -0.3 is 9.80 Å². The first-order chi connectivity index (χ1) is 17.5. The number of sulfonamides is 1. The first-order valence-corrected chi connectivity index (χ1v) is 13.5. The third kappa shape index (κ3) is 4.88. The SMILES string of the molecule is CCN1C(=O)C(C)(C)C(=O)N(C)c2cc(CN(CCc3cccnc3)S(=O)(=O)c3ccnn3C)ccc21. The van der Waals surface area contributed by atoms with Crippen LogP contribution in [0, 0.1) is 5.41 Å². The van der Waals surface area contributed by atoms with Crippen LogP contribution in [-0.2, 0) is 39.6 Å². The number of fused-ring (bicyclic) bond motifs is 1. The van der Waals surface area contributed by atoms with Gasteiger partial charge in [-0.3, -0.25) is 19.3 Å². The number of carbonyl (C=O) groups is 2. The van der Waals surface area contributed by atoms with Crippen molar-refractivity contribution in [3.8, 4) is 0 Å². The van der Waals surface area contributed by atoms with Gasteiger partial charge in [0, 0.05) is 46.1 Å². The summed E-state index contributed by atoms with van der Waals surface area (Å²) in [6.45, 7) is 5.82. The molecule has 1 aliphatic heterocycles. The summed E-state index contributed by atoms with van der Waals surface area (Å²) >= 11 is 0. The molecule has 0 unspecified atom stereocenters. The van der Waals surface area contributed by atoms with Crippen LogP contribution in [0.4, 0.5) is 11.4 Å². The molecule has 1 aliphatic rings. The zero-order chi connectivity index (χ0) is 27.0. The van der Waals surface area contributed by atoms with E-state index in [1.807, 2.05) is 19.1 Å². The number of rotatable bonds is 8. The van der Waals surface area contributed by atoms with E-state index in [0.29, 0.717) is 29.9 Å². The molecule has 10 nitrogen and oxygen atoms in total. The number of aromatic nitrogens is 3. The fourth-order valence-electron chi connectivity index (χ4n) is 4.58. The second-order valence-corrected chi connectivity index (χ2v) is 11.5. The normalized spacial score (nSPS) is 15.7. The molecule has 0 aliphatic carbocycles. The average molecular weight is 525 g/mol. The number of nitrogens with zero attached hydrogens (tertiary/aromatic N) is 6. The summed E-state index contributed by atoms with van der Waals surface area (Å²) in [5.74, 6) is -0.585. The zero-order valence-electron chi connectivity index (χ0n) is 21.7. The third-order valence-electron chi connectivity index (χ3n) is 6.74. The Labute approximate surface area is 217 Å². The largest absolute Gasteiger partial charge is 0.313 e. The molecular formula is C26H32N6O4S. The van der Waals surface area contributed by atoms with Gasteiger partial charge in [-0.05, 0) is 62.6 Å². The minimum Gasteiger partial charge on any atom is -0.313 e. The number of carbonyl (C=O) groups excluding carboxylic acids is 2. The summed E-state index contributed by atoms with van der Waals surface area (Å²) in [5, 5.41) is 4.12. The fourth-order valence-corrected chi connectivity index (χ4v) is 6.11. The average Bonchev–Trinajstić information content (AvgIpc) is 3.31. The summed E-state index contributed by atoms with van der Waals surface area (Å²) in [4.78, 5) is 33.6. The monoisotopic (exact) mass is 524 g/mol. The Kier molecular flexibility index (Phi) is 7.20. The summed E-state index contributed by atoms with van der Waals surface area (Å²) in [6.07, 6.45) is 5.32. The Bertz CT molecular complexity index is 1420. The summed E-state index contributed by atoms with van der Waals surface area (Å²) in [6, 6.07) is 10.6. The lowest BCUT2D eigenvalue weighted by Gasteiger charge is -2.27. The Balaban J connectivity index is 1.73. The molecule has 0 spiro atoms. The Morgan fingerprint density at radius 3 is 2.35 bits per heavy atom. The number of amides is 2. The lowest BCUT2D eigenvalue weighted by atomic mass is 9.90. The van der Waals surface area contributed by atoms with E-state index in [1.54, 1.807) is 63.4 Å². The molecule has 0 saturated heterocycles. The molecule has 3 heterocycles. The number of anilines is 2. The van der Waals surface area contributed by atoms with Gasteiger partial charge in [0.05, 0.1) is 17.6 Å². The van der Waals surface area contributed by atoms with Crippen LogP contribution in [0.15, 0.2) is 60.0 Å². The van der Waals surface area contributed by atoms with Gasteiger partial charge >= 0.3 is 0 Å². The molecule has 0 radical (unpaired) electrons. The maximum absolute atomic E-state index is 13.7. The molecular weight excluding hydrogens is 492 g/mol. The number of hydrogen-bond acceptors (Lipinski definition) is 6. The molecule has 4 rings (SSSR count). The number of benzene rings is 1. The molecule has 2 aromatic heterocycles. The van der Waals surface area contributed by atoms with Crippen LogP contribution in [0.1, 0.15) is 31.9 Å². The van der Waals surface area contributed by atoms with Crippen molar-refractivity contribution < 1.29 is 18.0 Å². The summed E-state index contributed by atoms with van der Waals surface area (Å²) in [7, 11) is -0.649. The van der Waals surface area contributed by atoms with Crippen LogP contribution in [-0.4, -0.2) is 59.4 Å². The molecule has 37 heavy (non-hydrogen) atoms. The van der Waals surface area contributed by atoms with Gasteiger partial charge in [-0.25, -0.2) is 8.42 Å². The van der Waals surface area contributed by atoms with Gasteiger partial charge in [0.25, 0.3) is 10.0 Å². The molecule has 2 amide bonds. The number of hydrogen-bond donors (Lipinski definition) is 0. The minimum absolute atomic E-state index is 0.0759. The van der Waals surface area contributed by atoms with Gasteiger partial charge in [0.15, 0.2) is 5.03 Å². The first kappa shape index (κ1) is 26.5. The number of pyridine rings is 1. The summed E-state index contributed by atoms with van der Waals surface area (Å²) in [5.41, 5.74) is 1.57. The molecule has 11 heteroatoms. The predicted molar refractivity (Wildman–Crippen MR) is 140 cm³/mol. The predicted octanol–water partition coefficient (Wildman–Crippen LogP) is 2.60. The van der Waals surface area contributed by atoms with E-state index < -0.39 is 15.4 Å². The standard InChI is InChI=1S/C26H32N6O4S/c1-6-32-21-10-9-20(16-22(21)29(4)24(33)26(2,3)25(32)34)18-31(15-12-19-8-7-13-27-17-19)37(35,36)23-11-14-28-30(23)5/h7-11,13-14,16-17H,6,12,15,18H2,1-5H3. The molecule has 0 bridgehead atoms. The third-order valence-corrected chi connectivity index (χ3v) is 8.66. The summed E-state index contributed by atoms with van der Waals surface area (Å²) < 4.78 is 30.1. The van der Waals surface area contributed by atoms with Crippen molar-refractivity contribution in [2.75, 3.05) is 29.9 Å². The quantitative estimate of drug-likeness (QED) is 0.419. The highest BCUT2D eigenvalue weighted by Gasteiger charge is 2.45. The van der Waals surface area contributed by atoms with Crippen LogP contribution in [0.5, 0.6) is 0 Å². The fraction of sp³-hybridized carbons (Fsp3) is 0.385. The highest BCUT2D eigenvalue weighted by Crippen LogP contribution is 2.39. The topological polar surface area (TPSA) is 109 Å². The molecule has 0 saturated carbocycles. The van der Waals surface area contributed by atoms with Gasteiger partial charge in [0.2, 0.25) is 11.8 Å². The lowest BCUT2D eigenvalue weighted by Crippen LogP contribution is -2.47. The van der Waals surface area contributed by atoms with Crippen molar-refractivity contribution in [2.24, 2.45) is 12.5 Å². The molecule has 0 fully saturated rings. The highest BCUT2D eigenvalue weighted by atomic mass is 32.2. The second-order valence-electron chi connectivity index (χ2n) is 9.60. The lowest BCUT2D eigenvalue weighted by molar-refractivity contribution is -0.137. The van der Waals surface area contributed by atoms with E-state index in [2.05, 4.69) is 10.1 Å². The maximum atomic E-state index is 13.7. The molecule has 196 valence electrons. The van der Waals surface area contributed by atoms with Gasteiger partial charge in [-0.1, -0.05) is 12.1 Å². The van der Waals surface area contributed by atoms with Crippen molar-refractivity contribution in [3.05, 3.63) is 66.1 Å². The van der Waals surface area contributed by atoms with Crippen molar-refractivity contribution in [1.82, 2.24) is 19.1 Å². The van der Waals surface area contributed by atoms with Crippen molar-refractivity contribution in [3.63, 3.8) is 0 Å². The van der Waals surface area contributed by atoms with E-state index in [9.17, 15) is 18.0 Å². The highest BCUT2D eigenvalue weighted by molar-refractivity contribution is 7.89. The van der Waals surface area contributed by atoms with E-state index in [-0.39, 0.29) is 29.9 Å². The smallest absolute Gasteiger partial charge is 0.260 e. The van der Waals surface area contributed by atoms with Gasteiger partial charge in [-0.15, -0.1) is 0 Å². The van der Waals surface area contributed by atoms with E-state index in [4.69, 9.17) is 0 Å². The van der Waals surface area contributed by atoms with Crippen molar-refractivity contribution >= 4 is 33.2 Å². The van der Waals surface area contributed by atoms with Crippen LogP contribution in [0.25, 0.3) is 0 Å². The number of aryl methyl sites for hydroxylation is 1. The van der Waals surface area contributed by atoms with E-state index in [0.717, 1.165) is 5.56 Å². The second kappa shape index (κ2) is 10.1. The minimum atomic E-state index is -3.88. The van der Waals surface area contributed by atoms with Gasteiger partial charge in [0.1, 0.15) is 5.41 Å². The molecule has 0 atom stereocenters. The van der Waals surface area contributed by atoms with Crippen LogP contribution in [0.2, 0.25) is 0 Å². The molecule has 1 aromatic carbocycles. The first-order valence-electron chi connectivity index (χ1n) is 12.1. The molecule has 3 aromatic rings. The van der Waals surface area contributed by atoms with Crippen LogP contribution in [0.3, 0.4) is 0 Å². The Morgan fingerprint density at radius 2 is 1.73 bits per heavy atom. The van der Waals surface area contributed by atoms with Crippen LogP contribution >= 0.6 is 0 Å². The Hall–Kier alpha value is -3.57. The zero-order valence-corrected chi connectivity index (χ0v) is 22.6. The van der Waals surface area contributed by atoms with Crippen LogP contribution < -0.4 is 9.80 Å². The van der Waals surface area contributed by atoms with Crippen molar-refractivity contribution in [2.45, 2.75) is 38.8 Å². The Morgan fingerprint density at radius 1 is 0.973 bits per heavy atom. The van der Waals surface area contributed by atoms with Crippen molar-refractivity contribution in [1.29, 1.82) is 0 Å².